The number of phenolic OH excluding ortho intramolecular Hbond substituents is 1. The normalized spacial score (nSPS) is 19.5. The molecule has 110 valence electrons. The topological polar surface area (TPSA) is 41.5 Å². The Hall–Kier alpha value is -1.84. The van der Waals surface area contributed by atoms with Crippen LogP contribution in [0.3, 0.4) is 0 Å². The van der Waals surface area contributed by atoms with Gasteiger partial charge in [0, 0.05) is 13.2 Å². The highest BCUT2D eigenvalue weighted by molar-refractivity contribution is 5.34. The molecule has 0 spiro atoms. The van der Waals surface area contributed by atoms with Crippen LogP contribution in [0.15, 0.2) is 54.6 Å². The summed E-state index contributed by atoms with van der Waals surface area (Å²) >= 11 is 0. The van der Waals surface area contributed by atoms with Gasteiger partial charge in [0.05, 0.1) is 12.1 Å². The molecule has 3 nitrogen and oxygen atoms in total. The van der Waals surface area contributed by atoms with Crippen molar-refractivity contribution in [2.24, 2.45) is 0 Å². The minimum absolute atomic E-state index is 0.121. The van der Waals surface area contributed by atoms with E-state index in [4.69, 9.17) is 4.74 Å². The van der Waals surface area contributed by atoms with Gasteiger partial charge in [-0.2, -0.15) is 0 Å². The highest BCUT2D eigenvalue weighted by atomic mass is 16.5. The maximum atomic E-state index is 9.47. The van der Waals surface area contributed by atoms with Crippen LogP contribution in [0, 0.1) is 0 Å². The molecule has 3 rings (SSSR count). The molecule has 1 aliphatic heterocycles. The second-order valence-electron chi connectivity index (χ2n) is 5.48. The van der Waals surface area contributed by atoms with E-state index in [1.165, 1.54) is 5.56 Å². The predicted octanol–water partition coefficient (Wildman–Crippen LogP) is 3.25. The SMILES string of the molecule is Oc1ccc(C(NCC2CCCO2)c2ccccc2)cc1. The van der Waals surface area contributed by atoms with Crippen LogP contribution in [0.1, 0.15) is 30.0 Å². The van der Waals surface area contributed by atoms with E-state index in [-0.39, 0.29) is 6.04 Å². The first-order chi connectivity index (χ1) is 10.3. The number of rotatable bonds is 5. The summed E-state index contributed by atoms with van der Waals surface area (Å²) in [6.07, 6.45) is 2.60. The summed E-state index contributed by atoms with van der Waals surface area (Å²) in [7, 11) is 0. The fourth-order valence-electron chi connectivity index (χ4n) is 2.80. The Labute approximate surface area is 125 Å². The maximum Gasteiger partial charge on any atom is 0.115 e. The lowest BCUT2D eigenvalue weighted by molar-refractivity contribution is 0.108. The van der Waals surface area contributed by atoms with E-state index in [9.17, 15) is 5.11 Å². The van der Waals surface area contributed by atoms with Crippen molar-refractivity contribution in [1.82, 2.24) is 5.32 Å². The molecule has 0 amide bonds. The summed E-state index contributed by atoms with van der Waals surface area (Å²) in [6.45, 7) is 1.72. The van der Waals surface area contributed by atoms with E-state index in [0.717, 1.165) is 31.6 Å². The Bertz CT molecular complexity index is 547. The number of benzene rings is 2. The van der Waals surface area contributed by atoms with Crippen LogP contribution in [0.25, 0.3) is 0 Å². The quantitative estimate of drug-likeness (QED) is 0.885. The van der Waals surface area contributed by atoms with Gasteiger partial charge in [-0.25, -0.2) is 0 Å². The minimum atomic E-state index is 0.121. The predicted molar refractivity (Wildman–Crippen MR) is 83.4 cm³/mol. The standard InChI is InChI=1S/C18H21NO2/c20-16-10-8-15(9-11-16)18(14-5-2-1-3-6-14)19-13-17-7-4-12-21-17/h1-3,5-6,8-11,17-20H,4,7,12-13H2. The lowest BCUT2D eigenvalue weighted by Gasteiger charge is -2.22. The molecule has 1 aliphatic rings. The van der Waals surface area contributed by atoms with Crippen LogP contribution in [0.2, 0.25) is 0 Å². The third kappa shape index (κ3) is 3.63. The van der Waals surface area contributed by atoms with Gasteiger partial charge in [0.25, 0.3) is 0 Å². The van der Waals surface area contributed by atoms with Crippen molar-refractivity contribution < 1.29 is 9.84 Å². The molecule has 0 bridgehead atoms. The van der Waals surface area contributed by atoms with E-state index in [1.54, 1.807) is 12.1 Å². The second kappa shape index (κ2) is 6.74. The molecule has 2 aromatic rings. The van der Waals surface area contributed by atoms with Gasteiger partial charge in [-0.3, -0.25) is 0 Å². The lowest BCUT2D eigenvalue weighted by Crippen LogP contribution is -2.30. The summed E-state index contributed by atoms with van der Waals surface area (Å²) in [4.78, 5) is 0. The monoisotopic (exact) mass is 283 g/mol. The van der Waals surface area contributed by atoms with Gasteiger partial charge in [0.15, 0.2) is 0 Å². The zero-order chi connectivity index (χ0) is 14.5. The second-order valence-corrected chi connectivity index (χ2v) is 5.48. The first kappa shape index (κ1) is 14.1. The molecule has 21 heavy (non-hydrogen) atoms. The van der Waals surface area contributed by atoms with E-state index in [0.29, 0.717) is 11.9 Å². The van der Waals surface area contributed by atoms with Gasteiger partial charge in [0.1, 0.15) is 5.75 Å². The summed E-state index contributed by atoms with van der Waals surface area (Å²) in [5, 5.41) is 13.1. The number of hydrogen-bond donors (Lipinski definition) is 2. The number of aromatic hydroxyl groups is 1. The highest BCUT2D eigenvalue weighted by Gasteiger charge is 2.19. The van der Waals surface area contributed by atoms with Crippen LogP contribution in [-0.4, -0.2) is 24.4 Å². The fraction of sp³-hybridized carbons (Fsp3) is 0.333. The molecule has 0 aliphatic carbocycles. The molecular weight excluding hydrogens is 262 g/mol. The van der Waals surface area contributed by atoms with Crippen LogP contribution in [0.4, 0.5) is 0 Å². The number of phenols is 1. The van der Waals surface area contributed by atoms with Gasteiger partial charge in [-0.1, -0.05) is 42.5 Å². The van der Waals surface area contributed by atoms with E-state index in [1.807, 2.05) is 18.2 Å². The Morgan fingerprint density at radius 3 is 2.43 bits per heavy atom. The van der Waals surface area contributed by atoms with Crippen LogP contribution in [-0.2, 0) is 4.74 Å². The average molecular weight is 283 g/mol. The molecule has 1 fully saturated rings. The van der Waals surface area contributed by atoms with Crippen molar-refractivity contribution >= 4 is 0 Å². The van der Waals surface area contributed by atoms with Crippen LogP contribution < -0.4 is 5.32 Å². The molecule has 0 radical (unpaired) electrons. The molecule has 2 unspecified atom stereocenters. The van der Waals surface area contributed by atoms with Crippen molar-refractivity contribution in [2.45, 2.75) is 25.0 Å². The molecule has 0 aromatic heterocycles. The maximum absolute atomic E-state index is 9.47. The van der Waals surface area contributed by atoms with Gasteiger partial charge in [0.2, 0.25) is 0 Å². The van der Waals surface area contributed by atoms with Crippen molar-refractivity contribution in [3.63, 3.8) is 0 Å². The smallest absolute Gasteiger partial charge is 0.115 e. The molecule has 2 N–H and O–H groups in total. The zero-order valence-electron chi connectivity index (χ0n) is 12.0. The van der Waals surface area contributed by atoms with Crippen molar-refractivity contribution in [3.05, 3.63) is 65.7 Å². The Kier molecular flexibility index (Phi) is 4.53. The van der Waals surface area contributed by atoms with Crippen molar-refractivity contribution in [2.75, 3.05) is 13.2 Å². The average Bonchev–Trinajstić information content (AvgIpc) is 3.04. The zero-order valence-corrected chi connectivity index (χ0v) is 12.0. The molecular formula is C18H21NO2. The van der Waals surface area contributed by atoms with Gasteiger partial charge < -0.3 is 15.2 Å². The van der Waals surface area contributed by atoms with Crippen molar-refractivity contribution in [3.8, 4) is 5.75 Å². The Balaban J connectivity index is 1.78. The Morgan fingerprint density at radius 2 is 1.76 bits per heavy atom. The molecule has 3 heteroatoms. The Morgan fingerprint density at radius 1 is 1.05 bits per heavy atom. The first-order valence-electron chi connectivity index (χ1n) is 7.52. The summed E-state index contributed by atoms with van der Waals surface area (Å²) in [5.74, 6) is 0.296. The van der Waals surface area contributed by atoms with Crippen LogP contribution >= 0.6 is 0 Å². The number of hydrogen-bond acceptors (Lipinski definition) is 3. The largest absolute Gasteiger partial charge is 0.508 e. The third-order valence-corrected chi connectivity index (χ3v) is 3.93. The fourth-order valence-corrected chi connectivity index (χ4v) is 2.80. The first-order valence-corrected chi connectivity index (χ1v) is 7.52. The lowest BCUT2D eigenvalue weighted by atomic mass is 9.98. The molecule has 1 saturated heterocycles. The van der Waals surface area contributed by atoms with Gasteiger partial charge >= 0.3 is 0 Å². The molecule has 2 aromatic carbocycles. The third-order valence-electron chi connectivity index (χ3n) is 3.93. The van der Waals surface area contributed by atoms with E-state index in [2.05, 4.69) is 29.6 Å². The molecule has 1 heterocycles. The van der Waals surface area contributed by atoms with Gasteiger partial charge in [-0.15, -0.1) is 0 Å². The van der Waals surface area contributed by atoms with E-state index < -0.39 is 0 Å². The van der Waals surface area contributed by atoms with Crippen molar-refractivity contribution in [1.29, 1.82) is 0 Å². The van der Waals surface area contributed by atoms with Gasteiger partial charge in [-0.05, 0) is 36.1 Å². The molecule has 0 saturated carbocycles. The highest BCUT2D eigenvalue weighted by Crippen LogP contribution is 2.24. The minimum Gasteiger partial charge on any atom is -0.508 e. The summed E-state index contributed by atoms with van der Waals surface area (Å²) in [6, 6.07) is 17.9. The van der Waals surface area contributed by atoms with Crippen LogP contribution in [0.5, 0.6) is 5.75 Å². The van der Waals surface area contributed by atoms with E-state index >= 15 is 0 Å². The summed E-state index contributed by atoms with van der Waals surface area (Å²) in [5.41, 5.74) is 2.37. The number of nitrogens with one attached hydrogen (secondary N) is 1. The number of ether oxygens (including phenoxy) is 1. The summed E-state index contributed by atoms with van der Waals surface area (Å²) < 4.78 is 5.69. The molecule has 2 atom stereocenters.